The standard InChI is InChI=1S/C6H13ClO2S/c1-6(2)5-10(8,9)4-3-7/h6H,3-5H2,1-2H3. The predicted molar refractivity (Wildman–Crippen MR) is 44.2 cm³/mol. The number of rotatable bonds is 4. The van der Waals surface area contributed by atoms with Gasteiger partial charge in [0.15, 0.2) is 9.84 Å². The maximum Gasteiger partial charge on any atom is 0.151 e. The van der Waals surface area contributed by atoms with Gasteiger partial charge in [-0.25, -0.2) is 8.42 Å². The monoisotopic (exact) mass is 184 g/mol. The Labute approximate surface area is 67.5 Å². The van der Waals surface area contributed by atoms with E-state index < -0.39 is 9.84 Å². The second-order valence-corrected chi connectivity index (χ2v) is 5.30. The Morgan fingerprint density at radius 3 is 2.20 bits per heavy atom. The molecule has 0 radical (unpaired) electrons. The van der Waals surface area contributed by atoms with E-state index in [1.165, 1.54) is 0 Å². The van der Waals surface area contributed by atoms with E-state index in [9.17, 15) is 8.42 Å². The average molecular weight is 185 g/mol. The topological polar surface area (TPSA) is 34.1 Å². The molecule has 0 aromatic carbocycles. The molecule has 0 N–H and O–H groups in total. The van der Waals surface area contributed by atoms with Crippen LogP contribution in [0.4, 0.5) is 0 Å². The zero-order valence-electron chi connectivity index (χ0n) is 6.30. The SMILES string of the molecule is CC(C)CS(=O)(=O)CCCl. The lowest BCUT2D eigenvalue weighted by atomic mass is 10.3. The minimum absolute atomic E-state index is 0.104. The summed E-state index contributed by atoms with van der Waals surface area (Å²) in [5.74, 6) is 0.759. The van der Waals surface area contributed by atoms with Gasteiger partial charge < -0.3 is 0 Å². The molecule has 0 aromatic rings. The van der Waals surface area contributed by atoms with Crippen molar-refractivity contribution in [3.05, 3.63) is 0 Å². The van der Waals surface area contributed by atoms with Crippen molar-refractivity contribution in [1.29, 1.82) is 0 Å². The van der Waals surface area contributed by atoms with Gasteiger partial charge >= 0.3 is 0 Å². The van der Waals surface area contributed by atoms with Gasteiger partial charge in [0.1, 0.15) is 0 Å². The Bertz CT molecular complexity index is 172. The molecular weight excluding hydrogens is 172 g/mol. The summed E-state index contributed by atoms with van der Waals surface area (Å²) in [6.45, 7) is 3.76. The molecule has 0 saturated carbocycles. The lowest BCUT2D eigenvalue weighted by Gasteiger charge is -2.03. The van der Waals surface area contributed by atoms with Crippen molar-refractivity contribution in [1.82, 2.24) is 0 Å². The van der Waals surface area contributed by atoms with Crippen molar-refractivity contribution < 1.29 is 8.42 Å². The maximum atomic E-state index is 11.0. The molecule has 2 nitrogen and oxygen atoms in total. The molecule has 0 aliphatic rings. The van der Waals surface area contributed by atoms with Crippen LogP contribution >= 0.6 is 11.6 Å². The molecule has 0 unspecified atom stereocenters. The molecule has 0 bridgehead atoms. The maximum absolute atomic E-state index is 11.0. The third-order valence-corrected chi connectivity index (χ3v) is 3.39. The summed E-state index contributed by atoms with van der Waals surface area (Å²) in [7, 11) is -2.86. The summed E-state index contributed by atoms with van der Waals surface area (Å²) in [5, 5.41) is 0. The fourth-order valence-corrected chi connectivity index (χ4v) is 2.83. The highest BCUT2D eigenvalue weighted by molar-refractivity contribution is 7.91. The largest absolute Gasteiger partial charge is 0.229 e. The van der Waals surface area contributed by atoms with Crippen LogP contribution in [-0.4, -0.2) is 25.8 Å². The van der Waals surface area contributed by atoms with Crippen molar-refractivity contribution in [2.24, 2.45) is 5.92 Å². The van der Waals surface area contributed by atoms with Crippen molar-refractivity contribution in [2.45, 2.75) is 13.8 Å². The molecule has 0 fully saturated rings. The van der Waals surface area contributed by atoms with Gasteiger partial charge in [-0.3, -0.25) is 0 Å². The fourth-order valence-electron chi connectivity index (χ4n) is 0.709. The van der Waals surface area contributed by atoms with Gasteiger partial charge in [0, 0.05) is 5.88 Å². The van der Waals surface area contributed by atoms with E-state index in [0.717, 1.165) is 0 Å². The average Bonchev–Trinajstić information content (AvgIpc) is 1.59. The Morgan fingerprint density at radius 2 is 1.90 bits per heavy atom. The quantitative estimate of drug-likeness (QED) is 0.618. The fraction of sp³-hybridized carbons (Fsp3) is 1.00. The Morgan fingerprint density at radius 1 is 1.40 bits per heavy atom. The first-order valence-electron chi connectivity index (χ1n) is 3.24. The summed E-state index contributed by atoms with van der Waals surface area (Å²) in [6.07, 6.45) is 0. The van der Waals surface area contributed by atoms with Crippen molar-refractivity contribution >= 4 is 21.4 Å². The van der Waals surface area contributed by atoms with Gasteiger partial charge in [0.2, 0.25) is 0 Å². The van der Waals surface area contributed by atoms with Crippen LogP contribution in [0, 0.1) is 5.92 Å². The van der Waals surface area contributed by atoms with Crippen LogP contribution in [0.25, 0.3) is 0 Å². The summed E-state index contributed by atoms with van der Waals surface area (Å²) in [5.41, 5.74) is 0. The Hall–Kier alpha value is 0.240. The van der Waals surface area contributed by atoms with Gasteiger partial charge in [-0.05, 0) is 5.92 Å². The smallest absolute Gasteiger partial charge is 0.151 e. The van der Waals surface area contributed by atoms with Gasteiger partial charge in [0.05, 0.1) is 11.5 Å². The summed E-state index contributed by atoms with van der Waals surface area (Å²) in [6, 6.07) is 0. The third-order valence-electron chi connectivity index (χ3n) is 0.975. The van der Waals surface area contributed by atoms with Crippen molar-refractivity contribution in [3.63, 3.8) is 0 Å². The van der Waals surface area contributed by atoms with E-state index in [1.54, 1.807) is 0 Å². The molecule has 0 aromatic heterocycles. The predicted octanol–water partition coefficient (Wildman–Crippen LogP) is 1.30. The second kappa shape index (κ2) is 4.19. The molecule has 0 aliphatic heterocycles. The van der Waals surface area contributed by atoms with Crippen LogP contribution in [0.15, 0.2) is 0 Å². The molecule has 0 amide bonds. The molecule has 0 heterocycles. The highest BCUT2D eigenvalue weighted by atomic mass is 35.5. The van der Waals surface area contributed by atoms with E-state index >= 15 is 0 Å². The lowest BCUT2D eigenvalue weighted by molar-refractivity contribution is 0.584. The van der Waals surface area contributed by atoms with Crippen LogP contribution in [0.3, 0.4) is 0 Å². The van der Waals surface area contributed by atoms with E-state index in [4.69, 9.17) is 11.6 Å². The summed E-state index contributed by atoms with van der Waals surface area (Å²) >= 11 is 5.29. The normalized spacial score (nSPS) is 12.4. The molecular formula is C6H13ClO2S. The minimum Gasteiger partial charge on any atom is -0.229 e. The van der Waals surface area contributed by atoms with Crippen LogP contribution in [0.5, 0.6) is 0 Å². The first kappa shape index (κ1) is 10.2. The molecule has 0 aliphatic carbocycles. The molecule has 10 heavy (non-hydrogen) atoms. The van der Waals surface area contributed by atoms with E-state index in [-0.39, 0.29) is 23.3 Å². The lowest BCUT2D eigenvalue weighted by Crippen LogP contribution is -2.15. The first-order chi connectivity index (χ1) is 4.48. The number of alkyl halides is 1. The number of hydrogen-bond donors (Lipinski definition) is 0. The third kappa shape index (κ3) is 5.06. The first-order valence-corrected chi connectivity index (χ1v) is 5.60. The zero-order valence-corrected chi connectivity index (χ0v) is 7.87. The van der Waals surface area contributed by atoms with Crippen LogP contribution in [0.2, 0.25) is 0 Å². The van der Waals surface area contributed by atoms with E-state index in [2.05, 4.69) is 0 Å². The van der Waals surface area contributed by atoms with Gasteiger partial charge in [0.25, 0.3) is 0 Å². The molecule has 4 heteroatoms. The number of hydrogen-bond acceptors (Lipinski definition) is 2. The van der Waals surface area contributed by atoms with Crippen LogP contribution in [-0.2, 0) is 9.84 Å². The highest BCUT2D eigenvalue weighted by Gasteiger charge is 2.11. The molecule has 0 saturated heterocycles. The Kier molecular flexibility index (Phi) is 4.29. The van der Waals surface area contributed by atoms with Crippen LogP contribution < -0.4 is 0 Å². The second-order valence-electron chi connectivity index (χ2n) is 2.70. The van der Waals surface area contributed by atoms with Crippen LogP contribution in [0.1, 0.15) is 13.8 Å². The van der Waals surface area contributed by atoms with Crippen molar-refractivity contribution in [2.75, 3.05) is 17.4 Å². The number of halogens is 1. The zero-order chi connectivity index (χ0) is 8.20. The van der Waals surface area contributed by atoms with E-state index in [1.807, 2.05) is 13.8 Å². The molecule has 62 valence electrons. The van der Waals surface area contributed by atoms with Crippen molar-refractivity contribution in [3.8, 4) is 0 Å². The highest BCUT2D eigenvalue weighted by Crippen LogP contribution is 2.00. The van der Waals surface area contributed by atoms with Gasteiger partial charge in [-0.1, -0.05) is 13.8 Å². The van der Waals surface area contributed by atoms with E-state index in [0.29, 0.717) is 0 Å². The summed E-state index contributed by atoms with van der Waals surface area (Å²) < 4.78 is 21.9. The summed E-state index contributed by atoms with van der Waals surface area (Å²) in [4.78, 5) is 0. The number of sulfone groups is 1. The van der Waals surface area contributed by atoms with Gasteiger partial charge in [-0.2, -0.15) is 0 Å². The molecule has 0 spiro atoms. The Balaban J connectivity index is 3.89. The molecule has 0 rings (SSSR count). The van der Waals surface area contributed by atoms with Gasteiger partial charge in [-0.15, -0.1) is 11.6 Å². The molecule has 0 atom stereocenters. The minimum atomic E-state index is -2.86.